The minimum Gasteiger partial charge on any atom is -0.395 e. The molecule has 1 aliphatic rings. The Labute approximate surface area is 85.9 Å². The van der Waals surface area contributed by atoms with Crippen molar-refractivity contribution < 1.29 is 9.84 Å². The fourth-order valence-corrected chi connectivity index (χ4v) is 2.03. The third-order valence-electron chi connectivity index (χ3n) is 2.12. The van der Waals surface area contributed by atoms with Gasteiger partial charge in [0.15, 0.2) is 0 Å². The standard InChI is InChI=1S/C8H12INO2/c9-3-7-1-2-8(12-7)6(4-10)5-11/h6-8,11H,1-3,5H2/t6-,7+,8-/m0/s1. The molecule has 0 unspecified atom stereocenters. The summed E-state index contributed by atoms with van der Waals surface area (Å²) in [6.45, 7) is -0.0882. The van der Waals surface area contributed by atoms with Crippen LogP contribution in [0.1, 0.15) is 12.8 Å². The molecule has 12 heavy (non-hydrogen) atoms. The Kier molecular flexibility index (Phi) is 4.26. The number of aliphatic hydroxyl groups is 1. The molecular formula is C8H12INO2. The molecule has 0 aliphatic carbocycles. The average Bonchev–Trinajstić information content (AvgIpc) is 2.55. The van der Waals surface area contributed by atoms with Crippen molar-refractivity contribution in [3.63, 3.8) is 0 Å². The van der Waals surface area contributed by atoms with Gasteiger partial charge in [0, 0.05) is 4.43 Å². The van der Waals surface area contributed by atoms with Crippen LogP contribution in [0.25, 0.3) is 0 Å². The lowest BCUT2D eigenvalue weighted by Gasteiger charge is -2.14. The van der Waals surface area contributed by atoms with Crippen LogP contribution in [0.3, 0.4) is 0 Å². The molecule has 0 saturated carbocycles. The second-order valence-corrected chi connectivity index (χ2v) is 3.83. The van der Waals surface area contributed by atoms with Crippen LogP contribution in [-0.4, -0.2) is 28.3 Å². The van der Waals surface area contributed by atoms with E-state index in [1.165, 1.54) is 0 Å². The van der Waals surface area contributed by atoms with Gasteiger partial charge in [0.1, 0.15) is 0 Å². The van der Waals surface area contributed by atoms with E-state index < -0.39 is 0 Å². The number of alkyl halides is 1. The average molecular weight is 281 g/mol. The van der Waals surface area contributed by atoms with E-state index in [1.54, 1.807) is 0 Å². The summed E-state index contributed by atoms with van der Waals surface area (Å²) in [5.74, 6) is -0.335. The number of rotatable bonds is 3. The van der Waals surface area contributed by atoms with E-state index in [2.05, 4.69) is 28.7 Å². The summed E-state index contributed by atoms with van der Waals surface area (Å²) in [5, 5.41) is 17.5. The summed E-state index contributed by atoms with van der Waals surface area (Å²) >= 11 is 2.28. The largest absolute Gasteiger partial charge is 0.395 e. The van der Waals surface area contributed by atoms with Crippen molar-refractivity contribution in [1.29, 1.82) is 5.26 Å². The van der Waals surface area contributed by atoms with Crippen LogP contribution >= 0.6 is 22.6 Å². The quantitative estimate of drug-likeness (QED) is 0.622. The first-order chi connectivity index (χ1) is 5.81. The van der Waals surface area contributed by atoms with Gasteiger partial charge in [-0.2, -0.15) is 5.26 Å². The van der Waals surface area contributed by atoms with Gasteiger partial charge in [0.05, 0.1) is 30.8 Å². The van der Waals surface area contributed by atoms with Crippen molar-refractivity contribution in [2.75, 3.05) is 11.0 Å². The summed E-state index contributed by atoms with van der Waals surface area (Å²) < 4.78 is 6.53. The maximum Gasteiger partial charge on any atom is 0.0955 e. The summed E-state index contributed by atoms with van der Waals surface area (Å²) in [6, 6.07) is 2.06. The number of aliphatic hydroxyl groups excluding tert-OH is 1. The number of hydrogen-bond acceptors (Lipinski definition) is 3. The minimum atomic E-state index is -0.335. The molecule has 3 nitrogen and oxygen atoms in total. The zero-order chi connectivity index (χ0) is 8.97. The molecule has 0 radical (unpaired) electrons. The Balaban J connectivity index is 2.40. The number of ether oxygens (including phenoxy) is 1. The monoisotopic (exact) mass is 281 g/mol. The van der Waals surface area contributed by atoms with Crippen LogP contribution in [0.2, 0.25) is 0 Å². The molecule has 4 heteroatoms. The lowest BCUT2D eigenvalue weighted by Crippen LogP contribution is -2.23. The van der Waals surface area contributed by atoms with Crippen LogP contribution in [0.4, 0.5) is 0 Å². The number of nitrogens with zero attached hydrogens (tertiary/aromatic N) is 1. The topological polar surface area (TPSA) is 53.2 Å². The van der Waals surface area contributed by atoms with Crippen LogP contribution < -0.4 is 0 Å². The second-order valence-electron chi connectivity index (χ2n) is 2.95. The van der Waals surface area contributed by atoms with E-state index in [-0.39, 0.29) is 24.7 Å². The molecule has 1 aliphatic heterocycles. The molecule has 68 valence electrons. The highest BCUT2D eigenvalue weighted by molar-refractivity contribution is 14.1. The molecule has 1 heterocycles. The highest BCUT2D eigenvalue weighted by Gasteiger charge is 2.30. The Bertz CT molecular complexity index is 180. The van der Waals surface area contributed by atoms with E-state index >= 15 is 0 Å². The molecule has 0 amide bonds. The summed E-state index contributed by atoms with van der Waals surface area (Å²) in [5.41, 5.74) is 0. The van der Waals surface area contributed by atoms with Gasteiger partial charge >= 0.3 is 0 Å². The van der Waals surface area contributed by atoms with E-state index in [1.807, 2.05) is 0 Å². The fourth-order valence-electron chi connectivity index (χ4n) is 1.38. The summed E-state index contributed by atoms with van der Waals surface area (Å²) in [4.78, 5) is 0. The molecular weight excluding hydrogens is 269 g/mol. The third-order valence-corrected chi connectivity index (χ3v) is 3.11. The molecule has 3 atom stereocenters. The van der Waals surface area contributed by atoms with Gasteiger partial charge in [-0.3, -0.25) is 0 Å². The molecule has 1 N–H and O–H groups in total. The molecule has 1 saturated heterocycles. The smallest absolute Gasteiger partial charge is 0.0955 e. The number of halogens is 1. The predicted octanol–water partition coefficient (Wildman–Crippen LogP) is 1.10. The lowest BCUT2D eigenvalue weighted by molar-refractivity contribution is 0.0217. The maximum atomic E-state index is 8.84. The van der Waals surface area contributed by atoms with Crippen molar-refractivity contribution in [3.05, 3.63) is 0 Å². The summed E-state index contributed by atoms with van der Waals surface area (Å²) in [6.07, 6.45) is 2.18. The molecule has 1 rings (SSSR count). The van der Waals surface area contributed by atoms with E-state index in [0.29, 0.717) is 0 Å². The first-order valence-corrected chi connectivity index (χ1v) is 5.56. The normalized spacial score (nSPS) is 31.4. The van der Waals surface area contributed by atoms with Crippen molar-refractivity contribution in [1.82, 2.24) is 0 Å². The van der Waals surface area contributed by atoms with E-state index in [4.69, 9.17) is 15.1 Å². The van der Waals surface area contributed by atoms with Crippen molar-refractivity contribution in [2.24, 2.45) is 5.92 Å². The van der Waals surface area contributed by atoms with Crippen LogP contribution in [0, 0.1) is 17.2 Å². The summed E-state index contributed by atoms with van der Waals surface area (Å²) in [7, 11) is 0. The van der Waals surface area contributed by atoms with Crippen LogP contribution in [-0.2, 0) is 4.74 Å². The van der Waals surface area contributed by atoms with E-state index in [0.717, 1.165) is 17.3 Å². The third kappa shape index (κ3) is 2.31. The molecule has 1 fully saturated rings. The lowest BCUT2D eigenvalue weighted by atomic mass is 10.0. The molecule has 0 aromatic rings. The molecule has 0 aromatic carbocycles. The Morgan fingerprint density at radius 2 is 2.42 bits per heavy atom. The van der Waals surface area contributed by atoms with Crippen molar-refractivity contribution in [3.8, 4) is 6.07 Å². The number of hydrogen-bond donors (Lipinski definition) is 1. The van der Waals surface area contributed by atoms with Crippen LogP contribution in [0.5, 0.6) is 0 Å². The van der Waals surface area contributed by atoms with Crippen molar-refractivity contribution >= 4 is 22.6 Å². The Morgan fingerprint density at radius 3 is 2.83 bits per heavy atom. The number of nitriles is 1. The fraction of sp³-hybridized carbons (Fsp3) is 0.875. The highest BCUT2D eigenvalue weighted by atomic mass is 127. The zero-order valence-corrected chi connectivity index (χ0v) is 8.90. The Morgan fingerprint density at radius 1 is 1.67 bits per heavy atom. The van der Waals surface area contributed by atoms with Gasteiger partial charge in [-0.05, 0) is 12.8 Å². The first-order valence-electron chi connectivity index (χ1n) is 4.03. The zero-order valence-electron chi connectivity index (χ0n) is 6.74. The second kappa shape index (κ2) is 5.00. The van der Waals surface area contributed by atoms with Gasteiger partial charge < -0.3 is 9.84 Å². The van der Waals surface area contributed by atoms with Gasteiger partial charge in [-0.25, -0.2) is 0 Å². The van der Waals surface area contributed by atoms with Gasteiger partial charge in [-0.1, -0.05) is 22.6 Å². The van der Waals surface area contributed by atoms with Gasteiger partial charge in [0.2, 0.25) is 0 Å². The van der Waals surface area contributed by atoms with E-state index in [9.17, 15) is 0 Å². The molecule has 0 bridgehead atoms. The minimum absolute atomic E-state index is 0.0419. The Hall–Kier alpha value is 0.140. The van der Waals surface area contributed by atoms with Gasteiger partial charge in [0.25, 0.3) is 0 Å². The maximum absolute atomic E-state index is 8.84. The van der Waals surface area contributed by atoms with Gasteiger partial charge in [-0.15, -0.1) is 0 Å². The van der Waals surface area contributed by atoms with Crippen LogP contribution in [0.15, 0.2) is 0 Å². The SMILES string of the molecule is N#C[C@@H](CO)[C@@H]1CC[C@H](CI)O1. The van der Waals surface area contributed by atoms with Crippen molar-refractivity contribution in [2.45, 2.75) is 25.0 Å². The molecule has 0 spiro atoms. The predicted molar refractivity (Wildman–Crippen MR) is 53.0 cm³/mol. The first kappa shape index (κ1) is 10.2. The highest BCUT2D eigenvalue weighted by Crippen LogP contribution is 2.26. The molecule has 0 aromatic heterocycles.